The molecule has 2 aliphatic carbocycles. The van der Waals surface area contributed by atoms with Gasteiger partial charge in [0, 0.05) is 17.1 Å². The van der Waals surface area contributed by atoms with Crippen LogP contribution in [0.5, 0.6) is 0 Å². The van der Waals surface area contributed by atoms with E-state index in [1.165, 1.54) is 36.8 Å². The lowest BCUT2D eigenvalue weighted by atomic mass is 10.1. The molecule has 3 rings (SSSR count). The normalized spacial score (nSPS) is 25.1. The first-order valence-corrected chi connectivity index (χ1v) is 5.75. The first-order chi connectivity index (χ1) is 6.83. The maximum absolute atomic E-state index is 5.97. The SMILES string of the molecule is Clc1ccc2c(c1)CC[C@H]2NC1CC1. The number of benzene rings is 1. The lowest BCUT2D eigenvalue weighted by molar-refractivity contribution is 0.527. The van der Waals surface area contributed by atoms with Crippen molar-refractivity contribution >= 4 is 11.6 Å². The van der Waals surface area contributed by atoms with Gasteiger partial charge in [-0.05, 0) is 48.9 Å². The second-order valence-corrected chi connectivity index (χ2v) is 4.81. The summed E-state index contributed by atoms with van der Waals surface area (Å²) in [6, 6.07) is 7.69. The predicted octanol–water partition coefficient (Wildman–Crippen LogP) is 3.08. The molecule has 1 nitrogen and oxygen atoms in total. The van der Waals surface area contributed by atoms with Crippen molar-refractivity contribution in [2.75, 3.05) is 0 Å². The summed E-state index contributed by atoms with van der Waals surface area (Å²) in [5, 5.41) is 4.56. The van der Waals surface area contributed by atoms with Crippen LogP contribution < -0.4 is 5.32 Å². The van der Waals surface area contributed by atoms with Crippen LogP contribution in [0.3, 0.4) is 0 Å². The lowest BCUT2D eigenvalue weighted by Gasteiger charge is -2.12. The zero-order chi connectivity index (χ0) is 9.54. The third-order valence-corrected chi connectivity index (χ3v) is 3.43. The first kappa shape index (κ1) is 8.75. The average Bonchev–Trinajstić information content (AvgIpc) is 2.89. The largest absolute Gasteiger partial charge is 0.307 e. The van der Waals surface area contributed by atoms with E-state index in [2.05, 4.69) is 17.4 Å². The number of nitrogens with one attached hydrogen (secondary N) is 1. The van der Waals surface area contributed by atoms with Gasteiger partial charge in [0.2, 0.25) is 0 Å². The summed E-state index contributed by atoms with van der Waals surface area (Å²) in [6.45, 7) is 0. The van der Waals surface area contributed by atoms with Crippen LogP contribution in [0.15, 0.2) is 18.2 Å². The molecule has 0 amide bonds. The molecule has 0 spiro atoms. The quantitative estimate of drug-likeness (QED) is 0.786. The zero-order valence-corrected chi connectivity index (χ0v) is 8.85. The van der Waals surface area contributed by atoms with E-state index in [0.29, 0.717) is 6.04 Å². The highest BCUT2D eigenvalue weighted by molar-refractivity contribution is 6.30. The summed E-state index contributed by atoms with van der Waals surface area (Å²) >= 11 is 5.97. The van der Waals surface area contributed by atoms with Gasteiger partial charge >= 0.3 is 0 Å². The molecule has 1 aromatic carbocycles. The summed E-state index contributed by atoms with van der Waals surface area (Å²) in [6.07, 6.45) is 5.14. The van der Waals surface area contributed by atoms with E-state index >= 15 is 0 Å². The first-order valence-electron chi connectivity index (χ1n) is 5.37. The van der Waals surface area contributed by atoms with Crippen LogP contribution in [0.25, 0.3) is 0 Å². The molecule has 0 aromatic heterocycles. The highest BCUT2D eigenvalue weighted by Gasteiger charge is 2.29. The zero-order valence-electron chi connectivity index (χ0n) is 8.09. The fourth-order valence-corrected chi connectivity index (χ4v) is 2.49. The minimum Gasteiger partial charge on any atom is -0.307 e. The number of hydrogen-bond donors (Lipinski definition) is 1. The molecule has 1 aromatic rings. The van der Waals surface area contributed by atoms with Gasteiger partial charge in [0.15, 0.2) is 0 Å². The van der Waals surface area contributed by atoms with E-state index in [9.17, 15) is 0 Å². The van der Waals surface area contributed by atoms with Gasteiger partial charge in [-0.3, -0.25) is 0 Å². The second kappa shape index (κ2) is 3.25. The minimum absolute atomic E-state index is 0.592. The predicted molar refractivity (Wildman–Crippen MR) is 58.7 cm³/mol. The van der Waals surface area contributed by atoms with Crippen molar-refractivity contribution in [1.82, 2.24) is 5.32 Å². The summed E-state index contributed by atoms with van der Waals surface area (Å²) in [7, 11) is 0. The molecule has 0 saturated heterocycles. The van der Waals surface area contributed by atoms with Crippen LogP contribution in [0, 0.1) is 0 Å². The molecule has 0 bridgehead atoms. The standard InChI is InChI=1S/C12H14ClN/c13-9-2-5-11-8(7-9)1-6-12(11)14-10-3-4-10/h2,5,7,10,12,14H,1,3-4,6H2/t12-/m1/s1. The Morgan fingerprint density at radius 2 is 2.07 bits per heavy atom. The number of halogens is 1. The molecule has 2 aliphatic rings. The summed E-state index contributed by atoms with van der Waals surface area (Å²) in [4.78, 5) is 0. The van der Waals surface area contributed by atoms with Gasteiger partial charge in [0.1, 0.15) is 0 Å². The molecular weight excluding hydrogens is 194 g/mol. The van der Waals surface area contributed by atoms with Gasteiger partial charge in [-0.15, -0.1) is 0 Å². The summed E-state index contributed by atoms with van der Waals surface area (Å²) < 4.78 is 0. The molecule has 74 valence electrons. The number of rotatable bonds is 2. The van der Waals surface area contributed by atoms with Crippen LogP contribution in [0.1, 0.15) is 36.4 Å². The summed E-state index contributed by atoms with van der Waals surface area (Å²) in [5.41, 5.74) is 2.91. The van der Waals surface area contributed by atoms with Crippen LogP contribution in [-0.2, 0) is 6.42 Å². The Morgan fingerprint density at radius 3 is 2.86 bits per heavy atom. The fraction of sp³-hybridized carbons (Fsp3) is 0.500. The van der Waals surface area contributed by atoms with E-state index in [1.807, 2.05) is 6.07 Å². The van der Waals surface area contributed by atoms with Gasteiger partial charge < -0.3 is 5.32 Å². The number of hydrogen-bond acceptors (Lipinski definition) is 1. The van der Waals surface area contributed by atoms with Crippen LogP contribution in [0.2, 0.25) is 5.02 Å². The van der Waals surface area contributed by atoms with Gasteiger partial charge in [0.05, 0.1) is 0 Å². The molecule has 1 atom stereocenters. The Balaban J connectivity index is 1.85. The van der Waals surface area contributed by atoms with Crippen molar-refractivity contribution in [2.45, 2.75) is 37.8 Å². The Kier molecular flexibility index (Phi) is 2.03. The van der Waals surface area contributed by atoms with Crippen molar-refractivity contribution in [3.05, 3.63) is 34.3 Å². The summed E-state index contributed by atoms with van der Waals surface area (Å²) in [5.74, 6) is 0. The molecular formula is C12H14ClN. The number of fused-ring (bicyclic) bond motifs is 1. The second-order valence-electron chi connectivity index (χ2n) is 4.38. The minimum atomic E-state index is 0.592. The van der Waals surface area contributed by atoms with E-state index in [-0.39, 0.29) is 0 Å². The van der Waals surface area contributed by atoms with Crippen molar-refractivity contribution in [3.63, 3.8) is 0 Å². The van der Waals surface area contributed by atoms with Gasteiger partial charge in [-0.2, -0.15) is 0 Å². The third kappa shape index (κ3) is 1.55. The van der Waals surface area contributed by atoms with Crippen molar-refractivity contribution in [3.8, 4) is 0 Å². The van der Waals surface area contributed by atoms with Crippen LogP contribution in [-0.4, -0.2) is 6.04 Å². The maximum Gasteiger partial charge on any atom is 0.0408 e. The molecule has 0 unspecified atom stereocenters. The van der Waals surface area contributed by atoms with E-state index in [4.69, 9.17) is 11.6 Å². The van der Waals surface area contributed by atoms with Crippen LogP contribution >= 0.6 is 11.6 Å². The topological polar surface area (TPSA) is 12.0 Å². The fourth-order valence-electron chi connectivity index (χ4n) is 2.29. The smallest absolute Gasteiger partial charge is 0.0408 e. The lowest BCUT2D eigenvalue weighted by Crippen LogP contribution is -2.21. The highest BCUT2D eigenvalue weighted by atomic mass is 35.5. The molecule has 14 heavy (non-hydrogen) atoms. The third-order valence-electron chi connectivity index (χ3n) is 3.20. The van der Waals surface area contributed by atoms with E-state index in [1.54, 1.807) is 0 Å². The monoisotopic (exact) mass is 207 g/mol. The van der Waals surface area contributed by atoms with Gasteiger partial charge in [-0.1, -0.05) is 17.7 Å². The van der Waals surface area contributed by atoms with E-state index < -0.39 is 0 Å². The average molecular weight is 208 g/mol. The molecule has 0 radical (unpaired) electrons. The molecule has 1 N–H and O–H groups in total. The highest BCUT2D eigenvalue weighted by Crippen LogP contribution is 2.35. The molecule has 0 heterocycles. The Hall–Kier alpha value is -0.530. The Bertz CT molecular complexity index is 357. The van der Waals surface area contributed by atoms with Gasteiger partial charge in [0.25, 0.3) is 0 Å². The van der Waals surface area contributed by atoms with Gasteiger partial charge in [-0.25, -0.2) is 0 Å². The molecule has 1 fully saturated rings. The Morgan fingerprint density at radius 1 is 1.21 bits per heavy atom. The molecule has 2 heteroatoms. The van der Waals surface area contributed by atoms with Crippen molar-refractivity contribution in [1.29, 1.82) is 0 Å². The number of aryl methyl sites for hydroxylation is 1. The van der Waals surface area contributed by atoms with E-state index in [0.717, 1.165) is 11.1 Å². The maximum atomic E-state index is 5.97. The van der Waals surface area contributed by atoms with Crippen LogP contribution in [0.4, 0.5) is 0 Å². The van der Waals surface area contributed by atoms with Crippen molar-refractivity contribution < 1.29 is 0 Å². The molecule has 1 saturated carbocycles. The Labute approximate surface area is 89.5 Å². The molecule has 0 aliphatic heterocycles. The van der Waals surface area contributed by atoms with Crippen molar-refractivity contribution in [2.24, 2.45) is 0 Å².